The van der Waals surface area contributed by atoms with E-state index in [9.17, 15) is 4.79 Å². The normalized spacial score (nSPS) is 16.2. The largest absolute Gasteiger partial charge is 0.461 e. The van der Waals surface area contributed by atoms with Gasteiger partial charge in [-0.05, 0) is 50.5 Å². The highest BCUT2D eigenvalue weighted by Gasteiger charge is 2.21. The third kappa shape index (κ3) is 5.72. The molecular formula is C18H27ClN4O2S. The Balaban J connectivity index is 1.87. The highest BCUT2D eigenvalue weighted by atomic mass is 35.5. The number of benzene rings is 1. The SMILES string of the molecule is CCOC(=O)/C(NN)=C(/N)CSC1CCN(c2cc(C)cc(Cl)c2)CC1. The molecule has 0 radical (unpaired) electrons. The average molecular weight is 399 g/mol. The fourth-order valence-electron chi connectivity index (χ4n) is 2.95. The number of anilines is 1. The number of nitrogens with two attached hydrogens (primary N) is 2. The number of esters is 1. The van der Waals surface area contributed by atoms with Crippen LogP contribution in [0.2, 0.25) is 5.02 Å². The lowest BCUT2D eigenvalue weighted by molar-refractivity contribution is -0.139. The highest BCUT2D eigenvalue weighted by Crippen LogP contribution is 2.29. The molecule has 1 fully saturated rings. The number of hydrazine groups is 1. The van der Waals surface area contributed by atoms with Gasteiger partial charge in [0.05, 0.1) is 12.3 Å². The molecule has 0 unspecified atom stereocenters. The van der Waals surface area contributed by atoms with Gasteiger partial charge in [-0.25, -0.2) is 4.79 Å². The maximum Gasteiger partial charge on any atom is 0.357 e. The van der Waals surface area contributed by atoms with Crippen LogP contribution in [0, 0.1) is 6.92 Å². The molecule has 0 spiro atoms. The number of nitrogens with zero attached hydrogens (tertiary/aromatic N) is 1. The van der Waals surface area contributed by atoms with Gasteiger partial charge in [0.2, 0.25) is 0 Å². The first-order chi connectivity index (χ1) is 12.4. The van der Waals surface area contributed by atoms with Gasteiger partial charge in [-0.15, -0.1) is 0 Å². The number of carbonyl (C=O) groups is 1. The van der Waals surface area contributed by atoms with E-state index in [1.165, 1.54) is 11.3 Å². The lowest BCUT2D eigenvalue weighted by atomic mass is 10.1. The number of nitrogens with one attached hydrogen (secondary N) is 1. The molecule has 1 aromatic rings. The molecule has 26 heavy (non-hydrogen) atoms. The molecule has 0 bridgehead atoms. The first-order valence-electron chi connectivity index (χ1n) is 8.70. The fourth-order valence-corrected chi connectivity index (χ4v) is 4.33. The molecule has 5 N–H and O–H groups in total. The van der Waals surface area contributed by atoms with Gasteiger partial charge in [0.15, 0.2) is 5.70 Å². The molecule has 1 aliphatic rings. The Kier molecular flexibility index (Phi) is 7.93. The first kappa shape index (κ1) is 20.7. The van der Waals surface area contributed by atoms with Gasteiger partial charge in [-0.1, -0.05) is 11.6 Å². The summed E-state index contributed by atoms with van der Waals surface area (Å²) in [5.41, 5.74) is 11.3. The van der Waals surface area contributed by atoms with E-state index in [1.807, 2.05) is 12.1 Å². The van der Waals surface area contributed by atoms with Gasteiger partial charge in [0, 0.05) is 34.8 Å². The van der Waals surface area contributed by atoms with Crippen molar-refractivity contribution in [1.29, 1.82) is 0 Å². The monoisotopic (exact) mass is 398 g/mol. The van der Waals surface area contributed by atoms with E-state index in [0.29, 0.717) is 16.7 Å². The summed E-state index contributed by atoms with van der Waals surface area (Å²) in [6.07, 6.45) is 2.10. The van der Waals surface area contributed by atoms with E-state index in [-0.39, 0.29) is 12.3 Å². The van der Waals surface area contributed by atoms with E-state index in [1.54, 1.807) is 18.7 Å². The first-order valence-corrected chi connectivity index (χ1v) is 10.1. The third-order valence-corrected chi connectivity index (χ3v) is 5.89. The van der Waals surface area contributed by atoms with Crippen molar-refractivity contribution in [1.82, 2.24) is 5.43 Å². The summed E-state index contributed by atoms with van der Waals surface area (Å²) in [6, 6.07) is 6.15. The summed E-state index contributed by atoms with van der Waals surface area (Å²) < 4.78 is 4.94. The van der Waals surface area contributed by atoms with Crippen molar-refractivity contribution in [3.63, 3.8) is 0 Å². The van der Waals surface area contributed by atoms with Crippen LogP contribution in [0.4, 0.5) is 5.69 Å². The lowest BCUT2D eigenvalue weighted by Gasteiger charge is -2.33. The van der Waals surface area contributed by atoms with E-state index in [2.05, 4.69) is 23.3 Å². The summed E-state index contributed by atoms with van der Waals surface area (Å²) in [7, 11) is 0. The third-order valence-electron chi connectivity index (χ3n) is 4.25. The van der Waals surface area contributed by atoms with Crippen molar-refractivity contribution in [2.75, 3.05) is 30.3 Å². The number of rotatable bonds is 7. The van der Waals surface area contributed by atoms with Crippen molar-refractivity contribution >= 4 is 35.0 Å². The van der Waals surface area contributed by atoms with Gasteiger partial charge in [-0.2, -0.15) is 11.8 Å². The van der Waals surface area contributed by atoms with Crippen molar-refractivity contribution < 1.29 is 9.53 Å². The molecule has 2 rings (SSSR count). The number of halogens is 1. The predicted molar refractivity (Wildman–Crippen MR) is 109 cm³/mol. The Morgan fingerprint density at radius 1 is 1.38 bits per heavy atom. The summed E-state index contributed by atoms with van der Waals surface area (Å²) in [6.45, 7) is 6.03. The smallest absolute Gasteiger partial charge is 0.357 e. The zero-order valence-electron chi connectivity index (χ0n) is 15.3. The summed E-state index contributed by atoms with van der Waals surface area (Å²) in [5, 5.41) is 1.27. The number of hydrogen-bond donors (Lipinski definition) is 3. The minimum absolute atomic E-state index is 0.145. The Hall–Kier alpha value is -1.57. The maximum atomic E-state index is 11.8. The second-order valence-electron chi connectivity index (χ2n) is 6.25. The van der Waals surface area contributed by atoms with E-state index in [4.69, 9.17) is 27.9 Å². The molecule has 1 heterocycles. The molecular weight excluding hydrogens is 372 g/mol. The maximum absolute atomic E-state index is 11.8. The predicted octanol–water partition coefficient (Wildman–Crippen LogP) is 2.55. The van der Waals surface area contributed by atoms with Gasteiger partial charge in [-0.3, -0.25) is 5.84 Å². The van der Waals surface area contributed by atoms with Gasteiger partial charge in [0.1, 0.15) is 0 Å². The Morgan fingerprint density at radius 3 is 2.65 bits per heavy atom. The number of carbonyl (C=O) groups excluding carboxylic acids is 1. The average Bonchev–Trinajstić information content (AvgIpc) is 2.60. The van der Waals surface area contributed by atoms with Crippen LogP contribution in [0.5, 0.6) is 0 Å². The summed E-state index contributed by atoms with van der Waals surface area (Å²) >= 11 is 7.92. The van der Waals surface area contributed by atoms with Crippen molar-refractivity contribution in [2.45, 2.75) is 31.9 Å². The Morgan fingerprint density at radius 2 is 2.08 bits per heavy atom. The topological polar surface area (TPSA) is 93.6 Å². The molecule has 1 saturated heterocycles. The molecule has 1 aromatic carbocycles. The van der Waals surface area contributed by atoms with Crippen LogP contribution >= 0.6 is 23.4 Å². The molecule has 6 nitrogen and oxygen atoms in total. The summed E-state index contributed by atoms with van der Waals surface area (Å²) in [5.74, 6) is 5.43. The molecule has 0 amide bonds. The second-order valence-corrected chi connectivity index (χ2v) is 7.97. The van der Waals surface area contributed by atoms with Crippen molar-refractivity contribution in [3.05, 3.63) is 40.2 Å². The van der Waals surface area contributed by atoms with Crippen molar-refractivity contribution in [3.8, 4) is 0 Å². The van der Waals surface area contributed by atoms with Crippen LogP contribution in [0.15, 0.2) is 29.6 Å². The van der Waals surface area contributed by atoms with Gasteiger partial charge >= 0.3 is 5.97 Å². The number of thioether (sulfide) groups is 1. The van der Waals surface area contributed by atoms with Crippen LogP contribution in [-0.2, 0) is 9.53 Å². The van der Waals surface area contributed by atoms with Crippen LogP contribution in [0.1, 0.15) is 25.3 Å². The molecule has 144 valence electrons. The van der Waals surface area contributed by atoms with E-state index in [0.717, 1.165) is 31.0 Å². The van der Waals surface area contributed by atoms with Gasteiger partial charge in [0.25, 0.3) is 0 Å². The lowest BCUT2D eigenvalue weighted by Crippen LogP contribution is -2.35. The zero-order chi connectivity index (χ0) is 19.1. The minimum Gasteiger partial charge on any atom is -0.461 e. The van der Waals surface area contributed by atoms with Gasteiger partial charge < -0.3 is 20.8 Å². The Labute approximate surface area is 164 Å². The summed E-state index contributed by atoms with van der Waals surface area (Å²) in [4.78, 5) is 14.2. The zero-order valence-corrected chi connectivity index (χ0v) is 16.8. The van der Waals surface area contributed by atoms with E-state index < -0.39 is 5.97 Å². The quantitative estimate of drug-likeness (QED) is 0.281. The molecule has 0 atom stereocenters. The molecule has 8 heteroatoms. The fraction of sp³-hybridized carbons (Fsp3) is 0.500. The number of hydrogen-bond acceptors (Lipinski definition) is 7. The van der Waals surface area contributed by atoms with Crippen LogP contribution in [-0.4, -0.2) is 36.7 Å². The van der Waals surface area contributed by atoms with Crippen molar-refractivity contribution in [2.24, 2.45) is 11.6 Å². The Bertz CT molecular complexity index is 640. The van der Waals surface area contributed by atoms with Crippen LogP contribution in [0.3, 0.4) is 0 Å². The second kappa shape index (κ2) is 9.94. The number of ether oxygens (including phenoxy) is 1. The van der Waals surface area contributed by atoms with Crippen LogP contribution < -0.4 is 21.9 Å². The van der Waals surface area contributed by atoms with Crippen LogP contribution in [0.25, 0.3) is 0 Å². The van der Waals surface area contributed by atoms with E-state index >= 15 is 0 Å². The highest BCUT2D eigenvalue weighted by molar-refractivity contribution is 8.00. The number of aryl methyl sites for hydroxylation is 1. The molecule has 0 aromatic heterocycles. The molecule has 0 aliphatic carbocycles. The number of piperidine rings is 1. The standard InChI is InChI=1S/C18H27ClN4O2S/c1-3-25-18(24)17(22-21)16(20)11-26-15-4-6-23(7-5-15)14-9-12(2)8-13(19)10-14/h8-10,15,22H,3-7,11,20-21H2,1-2H3/b17-16-. The molecule has 1 aliphatic heterocycles. The molecule has 0 saturated carbocycles. The minimum atomic E-state index is -0.515.